The predicted molar refractivity (Wildman–Crippen MR) is 114 cm³/mol. The topological polar surface area (TPSA) is 22.1 Å². The first-order valence-corrected chi connectivity index (χ1v) is 8.87. The Morgan fingerprint density at radius 3 is 2.28 bits per heavy atom. The molecule has 2 nitrogen and oxygen atoms in total. The van der Waals surface area contributed by atoms with Crippen molar-refractivity contribution >= 4 is 12.7 Å². The highest BCUT2D eigenvalue weighted by Crippen LogP contribution is 2.11. The highest BCUT2D eigenvalue weighted by molar-refractivity contribution is 5.37. The lowest BCUT2D eigenvalue weighted by atomic mass is 10.1. The summed E-state index contributed by atoms with van der Waals surface area (Å²) < 4.78 is 5.90. The minimum Gasteiger partial charge on any atom is -0.492 e. The predicted octanol–water partition coefficient (Wildman–Crippen LogP) is 5.14. The lowest BCUT2D eigenvalue weighted by Gasteiger charge is -2.10. The summed E-state index contributed by atoms with van der Waals surface area (Å²) in [5, 5.41) is 1.72. The SMILES string of the molecule is C=CC.C=CCc1cn/c(=C/C)c(=C)c1OCC/C=C\C=C/C.CC. The van der Waals surface area contributed by atoms with Crippen molar-refractivity contribution in [2.45, 2.75) is 47.5 Å². The third-order valence-electron chi connectivity index (χ3n) is 2.84. The maximum absolute atomic E-state index is 5.90. The Kier molecular flexibility index (Phi) is 17.9. The van der Waals surface area contributed by atoms with Crippen molar-refractivity contribution in [2.75, 3.05) is 6.61 Å². The van der Waals surface area contributed by atoms with Gasteiger partial charge in [-0.15, -0.1) is 13.2 Å². The molecule has 1 rings (SSSR count). The van der Waals surface area contributed by atoms with E-state index >= 15 is 0 Å². The molecular weight excluding hydrogens is 306 g/mol. The molecule has 25 heavy (non-hydrogen) atoms. The molecule has 0 radical (unpaired) electrons. The Morgan fingerprint density at radius 2 is 1.76 bits per heavy atom. The molecule has 0 spiro atoms. The van der Waals surface area contributed by atoms with E-state index in [4.69, 9.17) is 4.74 Å². The van der Waals surface area contributed by atoms with Crippen LogP contribution in [0.1, 0.15) is 46.6 Å². The van der Waals surface area contributed by atoms with Gasteiger partial charge in [0.25, 0.3) is 0 Å². The van der Waals surface area contributed by atoms with Crippen molar-refractivity contribution in [1.82, 2.24) is 4.98 Å². The van der Waals surface area contributed by atoms with Crippen LogP contribution in [0.2, 0.25) is 0 Å². The van der Waals surface area contributed by atoms with Gasteiger partial charge in [-0.2, -0.15) is 0 Å². The van der Waals surface area contributed by atoms with Gasteiger partial charge < -0.3 is 4.74 Å². The van der Waals surface area contributed by atoms with Crippen LogP contribution in [0.25, 0.3) is 12.7 Å². The Morgan fingerprint density at radius 1 is 1.12 bits per heavy atom. The molecule has 0 aliphatic carbocycles. The van der Waals surface area contributed by atoms with Crippen molar-refractivity contribution in [1.29, 1.82) is 0 Å². The summed E-state index contributed by atoms with van der Waals surface area (Å²) in [5.41, 5.74) is 1.04. The number of pyridine rings is 1. The van der Waals surface area contributed by atoms with Gasteiger partial charge in [0.1, 0.15) is 5.75 Å². The number of hydrogen-bond donors (Lipinski definition) is 0. The molecule has 0 fully saturated rings. The van der Waals surface area contributed by atoms with Crippen LogP contribution >= 0.6 is 0 Å². The summed E-state index contributed by atoms with van der Waals surface area (Å²) in [6.45, 7) is 21.7. The van der Waals surface area contributed by atoms with E-state index in [0.29, 0.717) is 6.61 Å². The first-order valence-electron chi connectivity index (χ1n) is 8.87. The fourth-order valence-electron chi connectivity index (χ4n) is 1.84. The molecule has 0 amide bonds. The van der Waals surface area contributed by atoms with Crippen LogP contribution in [-0.2, 0) is 6.42 Å². The Bertz CT molecular complexity index is 639. The number of ether oxygens (including phenoxy) is 1. The average Bonchev–Trinajstić information content (AvgIpc) is 2.63. The van der Waals surface area contributed by atoms with Gasteiger partial charge in [-0.05, 0) is 33.6 Å². The molecule has 1 aromatic rings. The lowest BCUT2D eigenvalue weighted by Crippen LogP contribution is -2.29. The van der Waals surface area contributed by atoms with Gasteiger partial charge in [0.05, 0.1) is 12.0 Å². The average molecular weight is 342 g/mol. The van der Waals surface area contributed by atoms with Gasteiger partial charge in [-0.1, -0.05) is 63.0 Å². The molecule has 0 aromatic carbocycles. The van der Waals surface area contributed by atoms with Crippen molar-refractivity contribution in [3.63, 3.8) is 0 Å². The number of aromatic nitrogens is 1. The Labute approximate surface area is 154 Å². The van der Waals surface area contributed by atoms with Gasteiger partial charge in [0, 0.05) is 17.0 Å². The minimum absolute atomic E-state index is 0.633. The van der Waals surface area contributed by atoms with E-state index in [1.165, 1.54) is 0 Å². The second-order valence-corrected chi connectivity index (χ2v) is 4.76. The maximum Gasteiger partial charge on any atom is 0.133 e. The summed E-state index contributed by atoms with van der Waals surface area (Å²) in [4.78, 5) is 4.38. The number of rotatable bonds is 7. The first kappa shape index (κ1) is 24.9. The van der Waals surface area contributed by atoms with Crippen molar-refractivity contribution < 1.29 is 4.74 Å². The van der Waals surface area contributed by atoms with E-state index in [-0.39, 0.29) is 0 Å². The van der Waals surface area contributed by atoms with Gasteiger partial charge in [0.2, 0.25) is 0 Å². The summed E-state index contributed by atoms with van der Waals surface area (Å²) in [6.07, 6.45) is 17.1. The van der Waals surface area contributed by atoms with E-state index in [1.807, 2.05) is 71.2 Å². The number of hydrogen-bond acceptors (Lipinski definition) is 2. The number of nitrogens with zero attached hydrogens (tertiary/aromatic N) is 1. The number of allylic oxidation sites excluding steroid dienone is 5. The molecule has 0 bridgehead atoms. The van der Waals surface area contributed by atoms with Gasteiger partial charge in [-0.25, -0.2) is 0 Å². The molecule has 2 heteroatoms. The monoisotopic (exact) mass is 341 g/mol. The molecule has 0 atom stereocenters. The van der Waals surface area contributed by atoms with Gasteiger partial charge >= 0.3 is 0 Å². The van der Waals surface area contributed by atoms with Crippen LogP contribution in [0.3, 0.4) is 0 Å². The molecular formula is C23H35NO. The summed E-state index contributed by atoms with van der Waals surface area (Å²) in [7, 11) is 0. The molecule has 0 saturated carbocycles. The van der Waals surface area contributed by atoms with E-state index in [1.54, 1.807) is 6.08 Å². The highest BCUT2D eigenvalue weighted by Gasteiger charge is 2.05. The zero-order valence-electron chi connectivity index (χ0n) is 16.7. The first-order chi connectivity index (χ1) is 12.2. The molecule has 0 aliphatic rings. The fourth-order valence-corrected chi connectivity index (χ4v) is 1.84. The van der Waals surface area contributed by atoms with Crippen molar-refractivity contribution in [3.05, 3.63) is 71.9 Å². The molecule has 138 valence electrons. The third-order valence-corrected chi connectivity index (χ3v) is 2.84. The fraction of sp³-hybridized carbons (Fsp3) is 0.348. The van der Waals surface area contributed by atoms with Crippen LogP contribution in [0.4, 0.5) is 0 Å². The van der Waals surface area contributed by atoms with E-state index < -0.39 is 0 Å². The smallest absolute Gasteiger partial charge is 0.133 e. The largest absolute Gasteiger partial charge is 0.492 e. The molecule has 0 unspecified atom stereocenters. The zero-order valence-corrected chi connectivity index (χ0v) is 16.7. The van der Waals surface area contributed by atoms with Crippen molar-refractivity contribution in [3.8, 4) is 5.75 Å². The normalized spacial score (nSPS) is 10.7. The lowest BCUT2D eigenvalue weighted by molar-refractivity contribution is 0.318. The Hall–Kier alpha value is -2.35. The second kappa shape index (κ2) is 18.0. The molecule has 0 saturated heterocycles. The van der Waals surface area contributed by atoms with Gasteiger partial charge in [-0.3, -0.25) is 4.98 Å². The van der Waals surface area contributed by atoms with Gasteiger partial charge in [0.15, 0.2) is 0 Å². The molecule has 0 N–H and O–H groups in total. The van der Waals surface area contributed by atoms with E-state index in [2.05, 4.69) is 30.8 Å². The molecule has 0 aliphatic heterocycles. The Balaban J connectivity index is 0. The maximum atomic E-state index is 5.90. The van der Waals surface area contributed by atoms with Crippen molar-refractivity contribution in [2.24, 2.45) is 0 Å². The second-order valence-electron chi connectivity index (χ2n) is 4.76. The quantitative estimate of drug-likeness (QED) is 0.389. The van der Waals surface area contributed by atoms with Crippen LogP contribution < -0.4 is 15.3 Å². The highest BCUT2D eigenvalue weighted by atomic mass is 16.5. The van der Waals surface area contributed by atoms with E-state index in [9.17, 15) is 0 Å². The van der Waals surface area contributed by atoms with Crippen LogP contribution in [-0.4, -0.2) is 11.6 Å². The zero-order chi connectivity index (χ0) is 19.5. The third kappa shape index (κ3) is 10.9. The van der Waals surface area contributed by atoms with Crippen LogP contribution in [0.5, 0.6) is 5.75 Å². The summed E-state index contributed by atoms with van der Waals surface area (Å²) in [5.74, 6) is 0.840. The molecule has 1 aromatic heterocycles. The van der Waals surface area contributed by atoms with E-state index in [0.717, 1.165) is 34.7 Å². The molecule has 1 heterocycles. The summed E-state index contributed by atoms with van der Waals surface area (Å²) >= 11 is 0. The standard InChI is InChI=1S/C18H23NO.C3H6.C2H6/c1-5-8-9-10-11-13-20-18-15(4)17(7-3)19-14-16(18)12-6-2;1-3-2;1-2/h5-10,14H,2,4,11-13H2,1,3H3;3H,1H2,2H3;1-2H3/b8-5-,10-9-,17-7+;;. The minimum atomic E-state index is 0.633. The van der Waals surface area contributed by atoms with Crippen LogP contribution in [0, 0.1) is 0 Å². The van der Waals surface area contributed by atoms with Crippen LogP contribution in [0.15, 0.2) is 55.8 Å². The summed E-state index contributed by atoms with van der Waals surface area (Å²) in [6, 6.07) is 0.